The Morgan fingerprint density at radius 3 is 2.12 bits per heavy atom. The van der Waals surface area contributed by atoms with Crippen LogP contribution in [0.3, 0.4) is 0 Å². The molecule has 1 aromatic rings. The standard InChI is InChI=1S/C25H38F3N3O3/c1-18-15-30(16-19(2)33-18)11-10-29-12-13-31(23(32)34-24(3,4)5)22(17-29)14-20-6-8-21(9-7-20)25(26,27)28/h6-9,18-19,22H,10-17H2,1-5H3/t18?,19?,22-/m1/s1. The van der Waals surface area contributed by atoms with Crippen LogP contribution in [0.15, 0.2) is 24.3 Å². The summed E-state index contributed by atoms with van der Waals surface area (Å²) in [6.45, 7) is 15.1. The Morgan fingerprint density at radius 2 is 1.56 bits per heavy atom. The van der Waals surface area contributed by atoms with E-state index < -0.39 is 17.3 Å². The summed E-state index contributed by atoms with van der Waals surface area (Å²) in [5, 5.41) is 0. The zero-order chi connectivity index (χ0) is 25.1. The molecule has 2 fully saturated rings. The summed E-state index contributed by atoms with van der Waals surface area (Å²) in [5.41, 5.74) is -0.514. The first-order chi connectivity index (χ1) is 15.8. The number of amides is 1. The molecule has 0 saturated carbocycles. The number of carbonyl (C=O) groups is 1. The number of ether oxygens (including phenoxy) is 2. The Hall–Kier alpha value is -1.84. The molecule has 2 heterocycles. The van der Waals surface area contributed by atoms with E-state index in [0.717, 1.165) is 50.4 Å². The lowest BCUT2D eigenvalue weighted by molar-refractivity contribution is -0.137. The van der Waals surface area contributed by atoms with Crippen LogP contribution in [0.5, 0.6) is 0 Å². The van der Waals surface area contributed by atoms with Crippen LogP contribution >= 0.6 is 0 Å². The Morgan fingerprint density at radius 1 is 0.971 bits per heavy atom. The Labute approximate surface area is 201 Å². The predicted octanol–water partition coefficient (Wildman–Crippen LogP) is 4.28. The van der Waals surface area contributed by atoms with E-state index in [0.29, 0.717) is 19.5 Å². The SMILES string of the molecule is CC1CN(CCN2CCN(C(=O)OC(C)(C)C)[C@H](Cc3ccc(C(F)(F)F)cc3)C2)CC(C)O1. The highest BCUT2D eigenvalue weighted by Gasteiger charge is 2.34. The van der Waals surface area contributed by atoms with Gasteiger partial charge in [0.05, 0.1) is 23.8 Å². The van der Waals surface area contributed by atoms with Crippen LogP contribution in [0.1, 0.15) is 45.7 Å². The van der Waals surface area contributed by atoms with Crippen LogP contribution in [0.4, 0.5) is 18.0 Å². The molecule has 6 nitrogen and oxygen atoms in total. The molecule has 0 spiro atoms. The average molecular weight is 486 g/mol. The van der Waals surface area contributed by atoms with Crippen molar-refractivity contribution in [3.8, 4) is 0 Å². The van der Waals surface area contributed by atoms with Crippen LogP contribution < -0.4 is 0 Å². The number of rotatable bonds is 5. The van der Waals surface area contributed by atoms with Gasteiger partial charge in [-0.25, -0.2) is 4.79 Å². The van der Waals surface area contributed by atoms with Gasteiger partial charge in [0, 0.05) is 45.8 Å². The smallest absolute Gasteiger partial charge is 0.416 e. The molecular formula is C25H38F3N3O3. The average Bonchev–Trinajstić information content (AvgIpc) is 2.70. The van der Waals surface area contributed by atoms with Crippen molar-refractivity contribution in [3.05, 3.63) is 35.4 Å². The minimum Gasteiger partial charge on any atom is -0.444 e. The van der Waals surface area contributed by atoms with Crippen molar-refractivity contribution < 1.29 is 27.4 Å². The van der Waals surface area contributed by atoms with E-state index in [1.165, 1.54) is 12.1 Å². The number of hydrogen-bond donors (Lipinski definition) is 0. The number of morpholine rings is 1. The van der Waals surface area contributed by atoms with Crippen molar-refractivity contribution in [1.82, 2.24) is 14.7 Å². The molecule has 9 heteroatoms. The minimum atomic E-state index is -4.36. The summed E-state index contributed by atoms with van der Waals surface area (Å²) in [6, 6.07) is 5.04. The molecule has 3 rings (SSSR count). The molecule has 0 aromatic heterocycles. The van der Waals surface area contributed by atoms with Crippen LogP contribution in [0, 0.1) is 0 Å². The first-order valence-corrected chi connectivity index (χ1v) is 12.1. The fourth-order valence-electron chi connectivity index (χ4n) is 4.71. The second kappa shape index (κ2) is 10.8. The second-order valence-corrected chi connectivity index (χ2v) is 10.5. The molecule has 3 atom stereocenters. The van der Waals surface area contributed by atoms with Crippen molar-refractivity contribution in [3.63, 3.8) is 0 Å². The summed E-state index contributed by atoms with van der Waals surface area (Å²) >= 11 is 0. The van der Waals surface area contributed by atoms with Crippen molar-refractivity contribution in [2.75, 3.05) is 45.8 Å². The Balaban J connectivity index is 1.67. The lowest BCUT2D eigenvalue weighted by atomic mass is 10.0. The summed E-state index contributed by atoms with van der Waals surface area (Å²) < 4.78 is 50.3. The fraction of sp³-hybridized carbons (Fsp3) is 0.720. The molecule has 2 aliphatic rings. The lowest BCUT2D eigenvalue weighted by Gasteiger charge is -2.43. The zero-order valence-electron chi connectivity index (χ0n) is 20.9. The number of nitrogens with zero attached hydrogens (tertiary/aromatic N) is 3. The molecule has 1 amide bonds. The van der Waals surface area contributed by atoms with Gasteiger partial charge < -0.3 is 14.4 Å². The largest absolute Gasteiger partial charge is 0.444 e. The van der Waals surface area contributed by atoms with Crippen LogP contribution in [0.25, 0.3) is 0 Å². The van der Waals surface area contributed by atoms with Crippen molar-refractivity contribution >= 4 is 6.09 Å². The summed E-state index contributed by atoms with van der Waals surface area (Å²) in [4.78, 5) is 19.4. The number of piperazine rings is 1. The van der Waals surface area contributed by atoms with Gasteiger partial charge in [-0.2, -0.15) is 13.2 Å². The highest BCUT2D eigenvalue weighted by Crippen LogP contribution is 2.29. The van der Waals surface area contributed by atoms with E-state index in [9.17, 15) is 18.0 Å². The predicted molar refractivity (Wildman–Crippen MR) is 125 cm³/mol. The van der Waals surface area contributed by atoms with Crippen molar-refractivity contribution in [2.24, 2.45) is 0 Å². The zero-order valence-corrected chi connectivity index (χ0v) is 20.9. The Kier molecular flexibility index (Phi) is 8.52. The normalized spacial score (nSPS) is 25.4. The second-order valence-electron chi connectivity index (χ2n) is 10.5. The van der Waals surface area contributed by atoms with E-state index in [2.05, 4.69) is 23.6 Å². The molecule has 0 aliphatic carbocycles. The van der Waals surface area contributed by atoms with Gasteiger partial charge in [0.2, 0.25) is 0 Å². The third-order valence-electron chi connectivity index (χ3n) is 6.18. The monoisotopic (exact) mass is 485 g/mol. The number of halogens is 3. The molecule has 34 heavy (non-hydrogen) atoms. The minimum absolute atomic E-state index is 0.178. The van der Waals surface area contributed by atoms with Crippen LogP contribution in [-0.2, 0) is 22.1 Å². The van der Waals surface area contributed by atoms with Gasteiger partial charge in [-0.05, 0) is 58.7 Å². The molecule has 2 unspecified atom stereocenters. The van der Waals surface area contributed by atoms with Crippen molar-refractivity contribution in [2.45, 2.75) is 71.1 Å². The van der Waals surface area contributed by atoms with Gasteiger partial charge in [-0.1, -0.05) is 12.1 Å². The highest BCUT2D eigenvalue weighted by atomic mass is 19.4. The third-order valence-corrected chi connectivity index (χ3v) is 6.18. The van der Waals surface area contributed by atoms with Crippen LogP contribution in [0.2, 0.25) is 0 Å². The molecule has 1 aromatic carbocycles. The highest BCUT2D eigenvalue weighted by molar-refractivity contribution is 5.68. The van der Waals surface area contributed by atoms with Gasteiger partial charge in [-0.15, -0.1) is 0 Å². The first-order valence-electron chi connectivity index (χ1n) is 12.1. The molecule has 0 N–H and O–H groups in total. The maximum Gasteiger partial charge on any atom is 0.416 e. The van der Waals surface area contributed by atoms with Crippen molar-refractivity contribution in [1.29, 1.82) is 0 Å². The van der Waals surface area contributed by atoms with E-state index in [-0.39, 0.29) is 24.3 Å². The number of alkyl halides is 3. The number of benzene rings is 1. The summed E-state index contributed by atoms with van der Waals surface area (Å²) in [5.74, 6) is 0. The number of carbonyl (C=O) groups excluding carboxylic acids is 1. The third kappa shape index (κ3) is 7.85. The van der Waals surface area contributed by atoms with Gasteiger partial charge in [-0.3, -0.25) is 9.80 Å². The van der Waals surface area contributed by atoms with E-state index >= 15 is 0 Å². The summed E-state index contributed by atoms with van der Waals surface area (Å²) in [6.07, 6.45) is -3.85. The van der Waals surface area contributed by atoms with E-state index in [1.807, 2.05) is 20.8 Å². The van der Waals surface area contributed by atoms with Gasteiger partial charge in [0.1, 0.15) is 5.60 Å². The quantitative estimate of drug-likeness (QED) is 0.623. The molecule has 0 bridgehead atoms. The molecule has 0 radical (unpaired) electrons. The molecule has 2 aliphatic heterocycles. The van der Waals surface area contributed by atoms with E-state index in [4.69, 9.17) is 9.47 Å². The lowest BCUT2D eigenvalue weighted by Crippen LogP contribution is -2.58. The topological polar surface area (TPSA) is 45.2 Å². The molecular weight excluding hydrogens is 447 g/mol. The summed E-state index contributed by atoms with van der Waals surface area (Å²) in [7, 11) is 0. The fourth-order valence-corrected chi connectivity index (χ4v) is 4.71. The van der Waals surface area contributed by atoms with Crippen LogP contribution in [-0.4, -0.2) is 90.5 Å². The van der Waals surface area contributed by atoms with E-state index in [1.54, 1.807) is 4.90 Å². The maximum absolute atomic E-state index is 13.0. The molecule has 2 saturated heterocycles. The molecule has 192 valence electrons. The first kappa shape index (κ1) is 26.8. The maximum atomic E-state index is 13.0. The van der Waals surface area contributed by atoms with Gasteiger partial charge in [0.15, 0.2) is 0 Å². The number of hydrogen-bond acceptors (Lipinski definition) is 5. The Bertz CT molecular complexity index is 800. The van der Waals surface area contributed by atoms with Gasteiger partial charge in [0.25, 0.3) is 0 Å². The van der Waals surface area contributed by atoms with Gasteiger partial charge >= 0.3 is 12.3 Å².